The Morgan fingerprint density at radius 3 is 2.62 bits per heavy atom. The number of hydrogen-bond acceptors (Lipinski definition) is 4. The van der Waals surface area contributed by atoms with Gasteiger partial charge in [-0.3, -0.25) is 14.6 Å². The van der Waals surface area contributed by atoms with Crippen molar-refractivity contribution in [2.45, 2.75) is 72.1 Å². The summed E-state index contributed by atoms with van der Waals surface area (Å²) >= 11 is 0. The maximum Gasteiger partial charge on any atom is 0.223 e. The third-order valence-corrected chi connectivity index (χ3v) is 8.11. The lowest BCUT2D eigenvalue weighted by Crippen LogP contribution is -2.35. The zero-order valence-corrected chi connectivity index (χ0v) is 20.0. The predicted octanol–water partition coefficient (Wildman–Crippen LogP) is 4.05. The van der Waals surface area contributed by atoms with Crippen molar-refractivity contribution in [1.82, 2.24) is 14.4 Å². The van der Waals surface area contributed by atoms with Crippen LogP contribution in [0.4, 0.5) is 0 Å². The monoisotopic (exact) mass is 435 g/mol. The summed E-state index contributed by atoms with van der Waals surface area (Å²) in [5, 5.41) is 10.7. The van der Waals surface area contributed by atoms with Crippen LogP contribution in [0, 0.1) is 10.8 Å². The fraction of sp³-hybridized carbons (Fsp3) is 0.593. The average Bonchev–Trinajstić information content (AvgIpc) is 2.97. The Kier molecular flexibility index (Phi) is 5.25. The van der Waals surface area contributed by atoms with Gasteiger partial charge >= 0.3 is 0 Å². The van der Waals surface area contributed by atoms with Crippen molar-refractivity contribution in [3.05, 3.63) is 63.1 Å². The van der Waals surface area contributed by atoms with Gasteiger partial charge in [-0.25, -0.2) is 0 Å². The normalized spacial score (nSPS) is 27.4. The molecule has 0 unspecified atom stereocenters. The number of pyridine rings is 1. The van der Waals surface area contributed by atoms with Gasteiger partial charge in [0.05, 0.1) is 5.69 Å². The van der Waals surface area contributed by atoms with Gasteiger partial charge in [-0.1, -0.05) is 45.0 Å². The van der Waals surface area contributed by atoms with Crippen LogP contribution >= 0.6 is 0 Å². The molecule has 2 bridgehead atoms. The summed E-state index contributed by atoms with van der Waals surface area (Å²) < 4.78 is 2.08. The van der Waals surface area contributed by atoms with Gasteiger partial charge in [-0.15, -0.1) is 0 Å². The van der Waals surface area contributed by atoms with Crippen LogP contribution in [0.1, 0.15) is 62.5 Å². The van der Waals surface area contributed by atoms with E-state index in [1.165, 1.54) is 30.4 Å². The standard InChI is InChI=1S/C27H37N3O2/c1-26(2)12-22-13-27(3,17-26)18-30(22)16-23-25(32)24(31)11-21(28(23)4)15-29-10-9-19-7-5-6-8-20(19)14-29/h5-8,11,22,32H,9-10,12-18H2,1-4H3/t22-,27-/m0/s1. The minimum absolute atomic E-state index is 0.0777. The summed E-state index contributed by atoms with van der Waals surface area (Å²) in [6.07, 6.45) is 4.69. The van der Waals surface area contributed by atoms with E-state index in [0.717, 1.165) is 44.0 Å². The van der Waals surface area contributed by atoms with Crippen molar-refractivity contribution < 1.29 is 5.11 Å². The van der Waals surface area contributed by atoms with Crippen molar-refractivity contribution >= 4 is 0 Å². The van der Waals surface area contributed by atoms with Crippen molar-refractivity contribution in [1.29, 1.82) is 0 Å². The van der Waals surface area contributed by atoms with Crippen LogP contribution in [0.15, 0.2) is 35.1 Å². The lowest BCUT2D eigenvalue weighted by Gasteiger charge is -2.40. The van der Waals surface area contributed by atoms with Gasteiger partial charge in [-0.2, -0.15) is 0 Å². The molecule has 5 heteroatoms. The molecule has 2 aromatic rings. The number of fused-ring (bicyclic) bond motifs is 3. The van der Waals surface area contributed by atoms with E-state index >= 15 is 0 Å². The Morgan fingerprint density at radius 2 is 1.84 bits per heavy atom. The fourth-order valence-corrected chi connectivity index (χ4v) is 7.00. The second-order valence-electron chi connectivity index (χ2n) is 11.7. The molecule has 0 radical (unpaired) electrons. The second-order valence-corrected chi connectivity index (χ2v) is 11.7. The first kappa shape index (κ1) is 21.7. The van der Waals surface area contributed by atoms with Crippen LogP contribution < -0.4 is 5.43 Å². The second kappa shape index (κ2) is 7.74. The molecule has 1 aromatic carbocycles. The summed E-state index contributed by atoms with van der Waals surface area (Å²) in [6, 6.07) is 10.8. The van der Waals surface area contributed by atoms with Gasteiger partial charge in [0.1, 0.15) is 0 Å². The summed E-state index contributed by atoms with van der Waals surface area (Å²) in [4.78, 5) is 17.6. The Morgan fingerprint density at radius 1 is 1.09 bits per heavy atom. The van der Waals surface area contributed by atoms with Gasteiger partial charge in [-0.05, 0) is 47.6 Å². The average molecular weight is 436 g/mol. The third kappa shape index (κ3) is 4.01. The first-order chi connectivity index (χ1) is 15.1. The van der Waals surface area contributed by atoms with Crippen LogP contribution in [0.2, 0.25) is 0 Å². The van der Waals surface area contributed by atoms with Crippen LogP contribution in [-0.4, -0.2) is 38.6 Å². The quantitative estimate of drug-likeness (QED) is 0.787. The number of benzene rings is 1. The topological polar surface area (TPSA) is 48.7 Å². The molecular weight excluding hydrogens is 398 g/mol. The molecular formula is C27H37N3O2. The molecule has 32 heavy (non-hydrogen) atoms. The highest BCUT2D eigenvalue weighted by Crippen LogP contribution is 2.52. The molecule has 5 rings (SSSR count). The number of rotatable bonds is 4. The van der Waals surface area contributed by atoms with Crippen LogP contribution in [0.25, 0.3) is 0 Å². The number of nitrogens with zero attached hydrogens (tertiary/aromatic N) is 3. The smallest absolute Gasteiger partial charge is 0.223 e. The van der Waals surface area contributed by atoms with Crippen molar-refractivity contribution in [3.8, 4) is 5.75 Å². The molecule has 1 saturated carbocycles. The molecule has 0 spiro atoms. The highest BCUT2D eigenvalue weighted by Gasteiger charge is 2.49. The Hall–Kier alpha value is -2.11. The van der Waals surface area contributed by atoms with E-state index in [1.54, 1.807) is 6.07 Å². The number of aromatic hydroxyl groups is 1. The van der Waals surface area contributed by atoms with Gasteiger partial charge in [0, 0.05) is 57.6 Å². The molecule has 2 aliphatic heterocycles. The van der Waals surface area contributed by atoms with E-state index in [2.05, 4.69) is 59.4 Å². The third-order valence-electron chi connectivity index (χ3n) is 8.11. The minimum atomic E-state index is -0.251. The molecule has 1 saturated heterocycles. The van der Waals surface area contributed by atoms with Gasteiger partial charge in [0.25, 0.3) is 0 Å². The summed E-state index contributed by atoms with van der Waals surface area (Å²) in [5.41, 5.74) is 4.99. The predicted molar refractivity (Wildman–Crippen MR) is 128 cm³/mol. The molecule has 3 heterocycles. The Balaban J connectivity index is 1.38. The molecule has 2 atom stereocenters. The van der Waals surface area contributed by atoms with E-state index in [1.807, 2.05) is 7.05 Å². The highest BCUT2D eigenvalue weighted by atomic mass is 16.3. The lowest BCUT2D eigenvalue weighted by atomic mass is 9.65. The number of aromatic nitrogens is 1. The lowest BCUT2D eigenvalue weighted by molar-refractivity contribution is 0.126. The van der Waals surface area contributed by atoms with E-state index in [0.29, 0.717) is 23.4 Å². The molecule has 3 aliphatic rings. The van der Waals surface area contributed by atoms with E-state index in [9.17, 15) is 9.90 Å². The van der Waals surface area contributed by atoms with E-state index in [-0.39, 0.29) is 11.2 Å². The first-order valence-corrected chi connectivity index (χ1v) is 12.1. The molecule has 172 valence electrons. The van der Waals surface area contributed by atoms with Crippen LogP contribution in [-0.2, 0) is 33.1 Å². The fourth-order valence-electron chi connectivity index (χ4n) is 7.00. The van der Waals surface area contributed by atoms with Crippen molar-refractivity contribution in [2.75, 3.05) is 13.1 Å². The maximum atomic E-state index is 12.7. The maximum absolute atomic E-state index is 12.7. The first-order valence-electron chi connectivity index (χ1n) is 12.1. The largest absolute Gasteiger partial charge is 0.503 e. The molecule has 2 fully saturated rings. The summed E-state index contributed by atoms with van der Waals surface area (Å²) in [7, 11) is 2.01. The van der Waals surface area contributed by atoms with Crippen LogP contribution in [0.5, 0.6) is 5.75 Å². The van der Waals surface area contributed by atoms with Crippen molar-refractivity contribution in [3.63, 3.8) is 0 Å². The van der Waals surface area contributed by atoms with Crippen LogP contribution in [0.3, 0.4) is 0 Å². The zero-order valence-electron chi connectivity index (χ0n) is 20.0. The SMILES string of the molecule is Cn1c(CN2CCc3ccccc3C2)cc(=O)c(O)c1CN1C[C@@]2(C)C[C@@H]1CC(C)(C)C2. The molecule has 1 aliphatic carbocycles. The zero-order chi connectivity index (χ0) is 22.7. The minimum Gasteiger partial charge on any atom is -0.503 e. The van der Waals surface area contributed by atoms with E-state index in [4.69, 9.17) is 0 Å². The van der Waals surface area contributed by atoms with Gasteiger partial charge in [0.15, 0.2) is 5.75 Å². The van der Waals surface area contributed by atoms with Gasteiger partial charge in [0.2, 0.25) is 5.43 Å². The molecule has 1 N–H and O–H groups in total. The van der Waals surface area contributed by atoms with E-state index < -0.39 is 0 Å². The van der Waals surface area contributed by atoms with Crippen molar-refractivity contribution in [2.24, 2.45) is 17.9 Å². The number of likely N-dealkylation sites (tertiary alicyclic amines) is 1. The summed E-state index contributed by atoms with van der Waals surface area (Å²) in [6.45, 7) is 11.5. The molecule has 5 nitrogen and oxygen atoms in total. The van der Waals surface area contributed by atoms with Gasteiger partial charge < -0.3 is 9.67 Å². The molecule has 1 aromatic heterocycles. The molecule has 0 amide bonds. The number of hydrogen-bond donors (Lipinski definition) is 1. The Bertz CT molecular complexity index is 1090. The highest BCUT2D eigenvalue weighted by molar-refractivity contribution is 5.32. The Labute approximate surface area is 191 Å². The summed E-state index contributed by atoms with van der Waals surface area (Å²) in [5.74, 6) is -0.0777.